The molecule has 0 bridgehead atoms. The van der Waals surface area contributed by atoms with Gasteiger partial charge in [-0.3, -0.25) is 4.79 Å². The van der Waals surface area contributed by atoms with E-state index >= 15 is 0 Å². The molecule has 0 spiro atoms. The lowest BCUT2D eigenvalue weighted by atomic mass is 9.96. The van der Waals surface area contributed by atoms with E-state index in [1.807, 2.05) is 36.5 Å². The summed E-state index contributed by atoms with van der Waals surface area (Å²) in [5, 5.41) is 15.8. The van der Waals surface area contributed by atoms with Crippen molar-refractivity contribution in [1.29, 1.82) is 5.26 Å². The van der Waals surface area contributed by atoms with Crippen LogP contribution in [0.3, 0.4) is 0 Å². The van der Waals surface area contributed by atoms with Crippen molar-refractivity contribution in [3.63, 3.8) is 0 Å². The first-order chi connectivity index (χ1) is 12.1. The summed E-state index contributed by atoms with van der Waals surface area (Å²) < 4.78 is 0. The molecule has 1 aliphatic carbocycles. The van der Waals surface area contributed by atoms with Crippen molar-refractivity contribution in [3.05, 3.63) is 50.9 Å². The monoisotopic (exact) mass is 374 g/mol. The number of halogens is 1. The molecular formula is C19H21ClN3OS+. The second-order valence-corrected chi connectivity index (χ2v) is 7.84. The Labute approximate surface area is 156 Å². The van der Waals surface area contributed by atoms with Crippen LogP contribution in [0.25, 0.3) is 0 Å². The van der Waals surface area contributed by atoms with Gasteiger partial charge < -0.3 is 10.6 Å². The van der Waals surface area contributed by atoms with Gasteiger partial charge in [-0.2, -0.15) is 5.26 Å². The second kappa shape index (κ2) is 8.01. The largest absolute Gasteiger partial charge is 0.332 e. The molecule has 0 saturated heterocycles. The molecule has 3 rings (SSSR count). The number of anilines is 1. The first-order valence-corrected chi connectivity index (χ1v) is 9.72. The van der Waals surface area contributed by atoms with Crippen LogP contribution in [0, 0.1) is 11.3 Å². The molecule has 1 aromatic carbocycles. The predicted molar refractivity (Wildman–Crippen MR) is 101 cm³/mol. The summed E-state index contributed by atoms with van der Waals surface area (Å²) >= 11 is 7.77. The molecule has 1 heterocycles. The molecule has 1 aliphatic rings. The van der Waals surface area contributed by atoms with Gasteiger partial charge in [0, 0.05) is 15.5 Å². The van der Waals surface area contributed by atoms with Crippen LogP contribution in [0.4, 0.5) is 5.00 Å². The minimum Gasteiger partial charge on any atom is -0.332 e. The first-order valence-electron chi connectivity index (χ1n) is 8.52. The third kappa shape index (κ3) is 4.04. The van der Waals surface area contributed by atoms with Gasteiger partial charge in [-0.1, -0.05) is 29.8 Å². The Kier molecular flexibility index (Phi) is 5.74. The highest BCUT2D eigenvalue weighted by Crippen LogP contribution is 2.37. The molecule has 6 heteroatoms. The lowest BCUT2D eigenvalue weighted by Gasteiger charge is -2.12. The zero-order valence-corrected chi connectivity index (χ0v) is 15.7. The quantitative estimate of drug-likeness (QED) is 0.841. The number of rotatable bonds is 5. The van der Waals surface area contributed by atoms with E-state index < -0.39 is 0 Å². The lowest BCUT2D eigenvalue weighted by Crippen LogP contribution is -2.86. The maximum absolute atomic E-state index is 12.3. The number of benzene rings is 1. The number of thiophene rings is 1. The SMILES string of the molecule is C[C@H]([NH2+]CC(=O)Nc1sc2c(c1C#N)CCCC2)c1ccccc1Cl. The highest BCUT2D eigenvalue weighted by molar-refractivity contribution is 7.16. The van der Waals surface area contributed by atoms with Crippen LogP contribution in [-0.4, -0.2) is 12.5 Å². The number of nitrogens with two attached hydrogens (primary N) is 1. The normalized spacial score (nSPS) is 14.4. The molecule has 130 valence electrons. The van der Waals surface area contributed by atoms with Crippen molar-refractivity contribution in [2.75, 3.05) is 11.9 Å². The molecule has 1 atom stereocenters. The fraction of sp³-hybridized carbons (Fsp3) is 0.368. The number of nitrogens with zero attached hydrogens (tertiary/aromatic N) is 1. The van der Waals surface area contributed by atoms with E-state index in [1.54, 1.807) is 11.3 Å². The van der Waals surface area contributed by atoms with Crippen molar-refractivity contribution in [3.8, 4) is 6.07 Å². The Morgan fingerprint density at radius 1 is 1.40 bits per heavy atom. The molecule has 1 aromatic heterocycles. The number of fused-ring (bicyclic) bond motifs is 1. The summed E-state index contributed by atoms with van der Waals surface area (Å²) in [6.45, 7) is 2.32. The highest BCUT2D eigenvalue weighted by Gasteiger charge is 2.22. The number of aryl methyl sites for hydroxylation is 1. The summed E-state index contributed by atoms with van der Waals surface area (Å²) in [6, 6.07) is 10.0. The van der Waals surface area contributed by atoms with Crippen LogP contribution < -0.4 is 10.6 Å². The number of nitrogens with one attached hydrogen (secondary N) is 1. The fourth-order valence-electron chi connectivity index (χ4n) is 3.21. The van der Waals surface area contributed by atoms with E-state index in [9.17, 15) is 10.1 Å². The van der Waals surface area contributed by atoms with Gasteiger partial charge >= 0.3 is 0 Å². The van der Waals surface area contributed by atoms with Crippen LogP contribution >= 0.6 is 22.9 Å². The molecule has 3 N–H and O–H groups in total. The molecule has 0 unspecified atom stereocenters. The summed E-state index contributed by atoms with van der Waals surface area (Å²) in [6.07, 6.45) is 4.24. The van der Waals surface area contributed by atoms with Gasteiger partial charge in [0.15, 0.2) is 6.54 Å². The van der Waals surface area contributed by atoms with Crippen molar-refractivity contribution in [2.45, 2.75) is 38.6 Å². The number of hydrogen-bond acceptors (Lipinski definition) is 3. The van der Waals surface area contributed by atoms with E-state index in [0.717, 1.165) is 36.8 Å². The minimum absolute atomic E-state index is 0.0889. The Balaban J connectivity index is 1.63. The van der Waals surface area contributed by atoms with Crippen LogP contribution in [0.2, 0.25) is 5.02 Å². The third-order valence-corrected chi connectivity index (χ3v) is 6.14. The number of hydrogen-bond donors (Lipinski definition) is 2. The minimum atomic E-state index is -0.0889. The van der Waals surface area contributed by atoms with Crippen LogP contribution in [0.1, 0.15) is 47.4 Å². The third-order valence-electron chi connectivity index (χ3n) is 4.59. The van der Waals surface area contributed by atoms with E-state index in [4.69, 9.17) is 11.6 Å². The summed E-state index contributed by atoms with van der Waals surface area (Å²) in [4.78, 5) is 13.6. The molecule has 4 nitrogen and oxygen atoms in total. The number of carbonyl (C=O) groups is 1. The maximum Gasteiger partial charge on any atom is 0.280 e. The second-order valence-electron chi connectivity index (χ2n) is 6.33. The fourth-order valence-corrected chi connectivity index (χ4v) is 4.77. The number of amides is 1. The van der Waals surface area contributed by atoms with Gasteiger partial charge in [-0.05, 0) is 44.2 Å². The number of quaternary nitrogens is 1. The Bertz CT molecular complexity index is 825. The van der Waals surface area contributed by atoms with Gasteiger partial charge in [0.05, 0.1) is 5.56 Å². The van der Waals surface area contributed by atoms with Gasteiger partial charge in [0.2, 0.25) is 0 Å². The lowest BCUT2D eigenvalue weighted by molar-refractivity contribution is -0.682. The highest BCUT2D eigenvalue weighted by atomic mass is 35.5. The molecule has 0 saturated carbocycles. The van der Waals surface area contributed by atoms with Crippen LogP contribution in [-0.2, 0) is 17.6 Å². The zero-order chi connectivity index (χ0) is 17.8. The van der Waals surface area contributed by atoms with Gasteiger partial charge in [0.25, 0.3) is 5.91 Å². The van der Waals surface area contributed by atoms with Crippen LogP contribution in [0.15, 0.2) is 24.3 Å². The molecule has 2 aromatic rings. The van der Waals surface area contributed by atoms with E-state index in [-0.39, 0.29) is 11.9 Å². The molecule has 0 radical (unpaired) electrons. The number of carbonyl (C=O) groups excluding carboxylic acids is 1. The van der Waals surface area contributed by atoms with Crippen LogP contribution in [0.5, 0.6) is 0 Å². The Morgan fingerprint density at radius 2 is 2.16 bits per heavy atom. The standard InChI is InChI=1S/C19H20ClN3OS/c1-12(13-6-2-4-8-16(13)20)22-11-18(24)23-19-15(10-21)14-7-3-5-9-17(14)25-19/h2,4,6,8,12,22H,3,5,7,9,11H2,1H3,(H,23,24)/p+1/t12-/m0/s1. The molecule has 0 aliphatic heterocycles. The Morgan fingerprint density at radius 3 is 2.92 bits per heavy atom. The smallest absolute Gasteiger partial charge is 0.280 e. The van der Waals surface area contributed by atoms with Crippen molar-refractivity contribution >= 4 is 33.8 Å². The van der Waals surface area contributed by atoms with Gasteiger partial charge in [-0.25, -0.2) is 0 Å². The van der Waals surface area contributed by atoms with Crippen molar-refractivity contribution < 1.29 is 10.1 Å². The average Bonchev–Trinajstić information content (AvgIpc) is 2.97. The van der Waals surface area contributed by atoms with E-state index in [2.05, 4.69) is 11.4 Å². The summed E-state index contributed by atoms with van der Waals surface area (Å²) in [5.74, 6) is -0.0889. The molecule has 0 fully saturated rings. The molecule has 25 heavy (non-hydrogen) atoms. The predicted octanol–water partition coefficient (Wildman–Crippen LogP) is 3.42. The Hall–Kier alpha value is -1.87. The average molecular weight is 375 g/mol. The zero-order valence-electron chi connectivity index (χ0n) is 14.1. The van der Waals surface area contributed by atoms with Crippen molar-refractivity contribution in [2.24, 2.45) is 0 Å². The van der Waals surface area contributed by atoms with Gasteiger partial charge in [0.1, 0.15) is 17.1 Å². The van der Waals surface area contributed by atoms with E-state index in [0.29, 0.717) is 22.1 Å². The molecular weight excluding hydrogens is 354 g/mol. The van der Waals surface area contributed by atoms with E-state index in [1.165, 1.54) is 4.88 Å². The summed E-state index contributed by atoms with van der Waals surface area (Å²) in [7, 11) is 0. The van der Waals surface area contributed by atoms with Gasteiger partial charge in [-0.15, -0.1) is 11.3 Å². The number of nitriles is 1. The first kappa shape index (κ1) is 17.9. The molecule has 1 amide bonds. The summed E-state index contributed by atoms with van der Waals surface area (Å²) in [5.41, 5.74) is 2.82. The maximum atomic E-state index is 12.3. The topological polar surface area (TPSA) is 69.5 Å². The van der Waals surface area contributed by atoms with Crippen molar-refractivity contribution in [1.82, 2.24) is 0 Å².